The molecule has 7 heteroatoms. The first-order valence-corrected chi connectivity index (χ1v) is 10.6. The lowest BCUT2D eigenvalue weighted by Crippen LogP contribution is -2.37. The van der Waals surface area contributed by atoms with Crippen LogP contribution in [0.25, 0.3) is 21.8 Å². The fraction of sp³-hybridized carbons (Fsp3) is 0.292. The standard InChI is InChI=1S/C24H24N4O3/c29-22(25-13-18-9-6-12-31-18)16-28-24(30)23-20(14-26-28)19-10-4-5-11-21(19)27(23)15-17-7-2-1-3-8-17/h1-5,7-8,10-11,14,18H,6,9,12-13,15-16H2,(H,25,29). The summed E-state index contributed by atoms with van der Waals surface area (Å²) in [7, 11) is 0. The van der Waals surface area contributed by atoms with Crippen molar-refractivity contribution >= 4 is 27.7 Å². The van der Waals surface area contributed by atoms with Crippen LogP contribution in [-0.2, 0) is 22.6 Å². The number of ether oxygens (including phenoxy) is 1. The van der Waals surface area contributed by atoms with E-state index in [1.54, 1.807) is 6.20 Å². The number of nitrogens with zero attached hydrogens (tertiary/aromatic N) is 3. The van der Waals surface area contributed by atoms with Gasteiger partial charge in [-0.2, -0.15) is 5.10 Å². The summed E-state index contributed by atoms with van der Waals surface area (Å²) in [6, 6.07) is 18.0. The smallest absolute Gasteiger partial charge is 0.291 e. The van der Waals surface area contributed by atoms with Crippen LogP contribution in [0.1, 0.15) is 18.4 Å². The Morgan fingerprint density at radius 2 is 1.90 bits per heavy atom. The van der Waals surface area contributed by atoms with E-state index < -0.39 is 0 Å². The number of hydrogen-bond acceptors (Lipinski definition) is 4. The van der Waals surface area contributed by atoms with Crippen LogP contribution < -0.4 is 10.9 Å². The molecule has 1 amide bonds. The molecule has 158 valence electrons. The van der Waals surface area contributed by atoms with E-state index in [9.17, 15) is 9.59 Å². The van der Waals surface area contributed by atoms with E-state index in [0.717, 1.165) is 41.3 Å². The first-order valence-electron chi connectivity index (χ1n) is 10.6. The van der Waals surface area contributed by atoms with Gasteiger partial charge in [-0.25, -0.2) is 4.68 Å². The number of para-hydroxylation sites is 1. The maximum absolute atomic E-state index is 13.4. The third-order valence-corrected chi connectivity index (χ3v) is 5.80. The lowest BCUT2D eigenvalue weighted by Gasteiger charge is -2.12. The summed E-state index contributed by atoms with van der Waals surface area (Å²) >= 11 is 0. The van der Waals surface area contributed by atoms with Gasteiger partial charge in [0.2, 0.25) is 5.91 Å². The molecule has 2 aromatic heterocycles. The number of carbonyl (C=O) groups excluding carboxylic acids is 1. The molecule has 1 saturated heterocycles. The number of fused-ring (bicyclic) bond motifs is 3. The van der Waals surface area contributed by atoms with Crippen molar-refractivity contribution in [2.75, 3.05) is 13.2 Å². The van der Waals surface area contributed by atoms with Crippen molar-refractivity contribution in [3.63, 3.8) is 0 Å². The SMILES string of the molecule is O=C(Cn1ncc2c3ccccc3n(Cc3ccccc3)c2c1=O)NCC1CCCO1. The van der Waals surface area contributed by atoms with E-state index in [1.807, 2.05) is 59.2 Å². The van der Waals surface area contributed by atoms with Gasteiger partial charge in [0.1, 0.15) is 12.1 Å². The topological polar surface area (TPSA) is 78.2 Å². The van der Waals surface area contributed by atoms with Gasteiger partial charge in [-0.05, 0) is 24.5 Å². The van der Waals surface area contributed by atoms with Gasteiger partial charge in [0.25, 0.3) is 5.56 Å². The van der Waals surface area contributed by atoms with Gasteiger partial charge in [-0.15, -0.1) is 0 Å². The Kier molecular flexibility index (Phi) is 5.26. The zero-order valence-corrected chi connectivity index (χ0v) is 17.2. The first kappa shape index (κ1) is 19.5. The highest BCUT2D eigenvalue weighted by Crippen LogP contribution is 2.27. The number of benzene rings is 2. The minimum Gasteiger partial charge on any atom is -0.376 e. The van der Waals surface area contributed by atoms with Crippen molar-refractivity contribution in [1.82, 2.24) is 19.7 Å². The van der Waals surface area contributed by atoms with E-state index in [0.29, 0.717) is 18.6 Å². The highest BCUT2D eigenvalue weighted by molar-refractivity contribution is 6.07. The van der Waals surface area contributed by atoms with Crippen molar-refractivity contribution < 1.29 is 9.53 Å². The van der Waals surface area contributed by atoms with E-state index in [2.05, 4.69) is 10.4 Å². The number of aromatic nitrogens is 3. The van der Waals surface area contributed by atoms with E-state index >= 15 is 0 Å². The van der Waals surface area contributed by atoms with Gasteiger partial charge >= 0.3 is 0 Å². The molecule has 5 rings (SSSR count). The molecule has 1 fully saturated rings. The van der Waals surface area contributed by atoms with Crippen molar-refractivity contribution in [2.24, 2.45) is 0 Å². The van der Waals surface area contributed by atoms with Crippen LogP contribution in [0, 0.1) is 0 Å². The molecule has 0 spiro atoms. The summed E-state index contributed by atoms with van der Waals surface area (Å²) in [6.45, 7) is 1.65. The molecule has 2 aromatic carbocycles. The maximum Gasteiger partial charge on any atom is 0.291 e. The van der Waals surface area contributed by atoms with E-state index in [1.165, 1.54) is 4.68 Å². The largest absolute Gasteiger partial charge is 0.376 e. The molecule has 1 unspecified atom stereocenters. The third kappa shape index (κ3) is 3.84. The molecule has 1 atom stereocenters. The predicted octanol–water partition coefficient (Wildman–Crippen LogP) is 2.69. The van der Waals surface area contributed by atoms with Crippen molar-refractivity contribution in [3.05, 3.63) is 76.7 Å². The predicted molar refractivity (Wildman–Crippen MR) is 119 cm³/mol. The fourth-order valence-electron chi connectivity index (χ4n) is 4.26. The molecule has 1 aliphatic rings. The highest BCUT2D eigenvalue weighted by Gasteiger charge is 2.19. The second kappa shape index (κ2) is 8.35. The summed E-state index contributed by atoms with van der Waals surface area (Å²) in [5.74, 6) is -0.241. The minimum atomic E-state index is -0.267. The molecular formula is C24H24N4O3. The molecule has 7 nitrogen and oxygen atoms in total. The lowest BCUT2D eigenvalue weighted by molar-refractivity contribution is -0.122. The Morgan fingerprint density at radius 1 is 1.10 bits per heavy atom. The highest BCUT2D eigenvalue weighted by atomic mass is 16.5. The van der Waals surface area contributed by atoms with Gasteiger partial charge < -0.3 is 14.6 Å². The minimum absolute atomic E-state index is 0.0597. The molecule has 1 aliphatic heterocycles. The van der Waals surface area contributed by atoms with Gasteiger partial charge in [-0.1, -0.05) is 48.5 Å². The Bertz CT molecular complexity index is 1290. The molecule has 0 saturated carbocycles. The number of amides is 1. The average molecular weight is 416 g/mol. The number of nitrogens with one attached hydrogen (secondary N) is 1. The monoisotopic (exact) mass is 416 g/mol. The molecule has 4 aromatic rings. The fourth-order valence-corrected chi connectivity index (χ4v) is 4.26. The molecule has 1 N–H and O–H groups in total. The van der Waals surface area contributed by atoms with Crippen LogP contribution in [0.5, 0.6) is 0 Å². The normalized spacial score (nSPS) is 16.2. The second-order valence-electron chi connectivity index (χ2n) is 7.90. The Labute approximate surface area is 179 Å². The number of carbonyl (C=O) groups is 1. The number of hydrogen-bond donors (Lipinski definition) is 1. The zero-order chi connectivity index (χ0) is 21.2. The van der Waals surface area contributed by atoms with Crippen LogP contribution in [0.2, 0.25) is 0 Å². The van der Waals surface area contributed by atoms with Crippen LogP contribution in [-0.4, -0.2) is 39.5 Å². The summed E-state index contributed by atoms with van der Waals surface area (Å²) in [4.78, 5) is 25.8. The Hall–Kier alpha value is -3.45. The quantitative estimate of drug-likeness (QED) is 0.524. The number of rotatable bonds is 6. The summed E-state index contributed by atoms with van der Waals surface area (Å²) < 4.78 is 8.80. The second-order valence-corrected chi connectivity index (χ2v) is 7.90. The van der Waals surface area contributed by atoms with Crippen LogP contribution in [0.15, 0.2) is 65.6 Å². The van der Waals surface area contributed by atoms with Gasteiger partial charge in [0.15, 0.2) is 0 Å². The first-order chi connectivity index (χ1) is 15.2. The van der Waals surface area contributed by atoms with E-state index in [4.69, 9.17) is 4.74 Å². The third-order valence-electron chi connectivity index (χ3n) is 5.80. The molecular weight excluding hydrogens is 392 g/mol. The molecule has 0 radical (unpaired) electrons. The van der Waals surface area contributed by atoms with Crippen LogP contribution in [0.4, 0.5) is 0 Å². The van der Waals surface area contributed by atoms with Crippen LogP contribution >= 0.6 is 0 Å². The van der Waals surface area contributed by atoms with Gasteiger partial charge in [0, 0.05) is 36.0 Å². The lowest BCUT2D eigenvalue weighted by atomic mass is 10.2. The molecule has 0 aliphatic carbocycles. The molecule has 3 heterocycles. The van der Waals surface area contributed by atoms with Crippen molar-refractivity contribution in [1.29, 1.82) is 0 Å². The summed E-state index contributed by atoms with van der Waals surface area (Å²) in [6.07, 6.45) is 3.71. The molecule has 0 bridgehead atoms. The van der Waals surface area contributed by atoms with Gasteiger partial charge in [0.05, 0.1) is 12.3 Å². The summed E-state index contributed by atoms with van der Waals surface area (Å²) in [5, 5.41) is 8.93. The average Bonchev–Trinajstić information content (AvgIpc) is 3.42. The van der Waals surface area contributed by atoms with Crippen LogP contribution in [0.3, 0.4) is 0 Å². The molecule has 31 heavy (non-hydrogen) atoms. The zero-order valence-electron chi connectivity index (χ0n) is 17.2. The Balaban J connectivity index is 1.50. The van der Waals surface area contributed by atoms with Gasteiger partial charge in [-0.3, -0.25) is 9.59 Å². The van der Waals surface area contributed by atoms with E-state index in [-0.39, 0.29) is 24.1 Å². The van der Waals surface area contributed by atoms with Crippen molar-refractivity contribution in [3.8, 4) is 0 Å². The maximum atomic E-state index is 13.4. The van der Waals surface area contributed by atoms with Crippen molar-refractivity contribution in [2.45, 2.75) is 32.0 Å². The summed E-state index contributed by atoms with van der Waals surface area (Å²) in [5.41, 5.74) is 2.37. The Morgan fingerprint density at radius 3 is 2.71 bits per heavy atom.